The predicted octanol–water partition coefficient (Wildman–Crippen LogP) is 3.08. The maximum absolute atomic E-state index is 4.03. The summed E-state index contributed by atoms with van der Waals surface area (Å²) in [6.45, 7) is 0. The second kappa shape index (κ2) is 4.04. The molecule has 10 heavy (non-hydrogen) atoms. The number of hydrogen-bond donors (Lipinski definition) is 1. The van der Waals surface area contributed by atoms with Gasteiger partial charge in [-0.1, -0.05) is 34.1 Å². The van der Waals surface area contributed by atoms with Crippen LogP contribution in [0.15, 0.2) is 28.7 Å². The Labute approximate surface area is 75.2 Å². The maximum Gasteiger partial charge on any atom is 0.0207 e. The lowest BCUT2D eigenvalue weighted by Gasteiger charge is -1.98. The van der Waals surface area contributed by atoms with Crippen molar-refractivity contribution in [1.82, 2.24) is 0 Å². The normalized spacial score (nSPS) is 9.80. The van der Waals surface area contributed by atoms with Gasteiger partial charge in [-0.05, 0) is 18.1 Å². The zero-order valence-corrected chi connectivity index (χ0v) is 7.90. The van der Waals surface area contributed by atoms with Crippen LogP contribution in [0.25, 0.3) is 0 Å². The average molecular weight is 216 g/mol. The van der Waals surface area contributed by atoms with Gasteiger partial charge >= 0.3 is 0 Å². The molecule has 0 heterocycles. The zero-order chi connectivity index (χ0) is 7.40. The van der Waals surface area contributed by atoms with Crippen molar-refractivity contribution in [2.75, 3.05) is 0 Å². The van der Waals surface area contributed by atoms with Crippen LogP contribution in [0.2, 0.25) is 0 Å². The van der Waals surface area contributed by atoms with Crippen LogP contribution in [0, 0.1) is 5.75 Å². The summed E-state index contributed by atoms with van der Waals surface area (Å²) >= 11 is 7.48. The Morgan fingerprint density at radius 3 is 2.70 bits per heavy atom. The molecule has 2 heteroatoms. The molecule has 0 atom stereocenters. The van der Waals surface area contributed by atoms with Crippen LogP contribution in [0.3, 0.4) is 0 Å². The Hall–Kier alpha value is 0.0500. The Morgan fingerprint density at radius 2 is 2.10 bits per heavy atom. The van der Waals surface area contributed by atoms with Gasteiger partial charge in [-0.3, -0.25) is 0 Å². The highest BCUT2D eigenvalue weighted by Crippen LogP contribution is 2.17. The molecule has 0 aromatic heterocycles. The van der Waals surface area contributed by atoms with Crippen molar-refractivity contribution in [3.05, 3.63) is 40.1 Å². The number of hydrogen-bond acceptors (Lipinski definition) is 1. The molecule has 0 aliphatic rings. The summed E-state index contributed by atoms with van der Waals surface area (Å²) in [7, 11) is 0. The molecule has 1 rings (SSSR count). The van der Waals surface area contributed by atoms with Gasteiger partial charge in [-0.2, -0.15) is 12.6 Å². The minimum Gasteiger partial charge on any atom is -0.174 e. The van der Waals surface area contributed by atoms with Gasteiger partial charge in [0.05, 0.1) is 0 Å². The Kier molecular flexibility index (Phi) is 3.29. The van der Waals surface area contributed by atoms with Crippen molar-refractivity contribution < 1.29 is 0 Å². The summed E-state index contributed by atoms with van der Waals surface area (Å²) in [5.74, 6) is 1.85. The molecule has 0 amide bonds. The van der Waals surface area contributed by atoms with Crippen LogP contribution in [0.1, 0.15) is 5.56 Å². The van der Waals surface area contributed by atoms with Crippen molar-refractivity contribution in [1.29, 1.82) is 0 Å². The van der Waals surface area contributed by atoms with Crippen LogP contribution in [0.4, 0.5) is 0 Å². The van der Waals surface area contributed by atoms with Gasteiger partial charge in [0, 0.05) is 10.2 Å². The van der Waals surface area contributed by atoms with E-state index in [4.69, 9.17) is 0 Å². The fourth-order valence-corrected chi connectivity index (χ4v) is 1.41. The van der Waals surface area contributed by atoms with Gasteiger partial charge in [0.25, 0.3) is 0 Å². The maximum atomic E-state index is 4.03. The molecule has 0 nitrogen and oxygen atoms in total. The SMILES string of the molecule is S[CH]Cc1ccccc1Br. The van der Waals surface area contributed by atoms with E-state index in [0.29, 0.717) is 0 Å². The van der Waals surface area contributed by atoms with Crippen molar-refractivity contribution >= 4 is 28.6 Å². The topological polar surface area (TPSA) is 0 Å². The molecular weight excluding hydrogens is 208 g/mol. The largest absolute Gasteiger partial charge is 0.174 e. The molecular formula is C8H8BrS. The predicted molar refractivity (Wildman–Crippen MR) is 51.1 cm³/mol. The molecule has 1 aromatic carbocycles. The lowest BCUT2D eigenvalue weighted by molar-refractivity contribution is 1.23. The summed E-state index contributed by atoms with van der Waals surface area (Å²) < 4.78 is 1.15. The lowest BCUT2D eigenvalue weighted by atomic mass is 10.2. The molecule has 0 unspecified atom stereocenters. The first-order valence-corrected chi connectivity index (χ1v) is 4.35. The van der Waals surface area contributed by atoms with Crippen LogP contribution < -0.4 is 0 Å². The number of rotatable bonds is 2. The van der Waals surface area contributed by atoms with Crippen molar-refractivity contribution in [2.24, 2.45) is 0 Å². The van der Waals surface area contributed by atoms with Crippen LogP contribution in [-0.4, -0.2) is 0 Å². The van der Waals surface area contributed by atoms with E-state index in [-0.39, 0.29) is 0 Å². The van der Waals surface area contributed by atoms with Crippen LogP contribution in [-0.2, 0) is 6.42 Å². The van der Waals surface area contributed by atoms with E-state index < -0.39 is 0 Å². The quantitative estimate of drug-likeness (QED) is 0.721. The summed E-state index contributed by atoms with van der Waals surface area (Å²) in [6.07, 6.45) is 0.907. The van der Waals surface area contributed by atoms with Crippen molar-refractivity contribution in [2.45, 2.75) is 6.42 Å². The highest BCUT2D eigenvalue weighted by Gasteiger charge is 1.94. The Bertz CT molecular complexity index is 210. The van der Waals surface area contributed by atoms with E-state index in [2.05, 4.69) is 34.6 Å². The first-order valence-electron chi connectivity index (χ1n) is 3.04. The summed E-state index contributed by atoms with van der Waals surface area (Å²) in [5, 5.41) is 0. The molecule has 0 fully saturated rings. The fraction of sp³-hybridized carbons (Fsp3) is 0.125. The highest BCUT2D eigenvalue weighted by molar-refractivity contribution is 9.10. The minimum atomic E-state index is 0.907. The molecule has 0 bridgehead atoms. The van der Waals surface area contributed by atoms with E-state index in [1.54, 1.807) is 0 Å². The van der Waals surface area contributed by atoms with Gasteiger partial charge in [0.1, 0.15) is 0 Å². The van der Waals surface area contributed by atoms with Gasteiger partial charge in [-0.25, -0.2) is 0 Å². The third-order valence-electron chi connectivity index (χ3n) is 1.27. The summed E-state index contributed by atoms with van der Waals surface area (Å²) in [6, 6.07) is 8.15. The molecule has 1 radical (unpaired) electrons. The molecule has 0 aliphatic carbocycles. The zero-order valence-electron chi connectivity index (χ0n) is 5.42. The standard InChI is InChI=1S/C8H8BrS/c9-8-4-2-1-3-7(8)5-6-10/h1-4,6,10H,5H2. The van der Waals surface area contributed by atoms with Crippen LogP contribution >= 0.6 is 28.6 Å². The third kappa shape index (κ3) is 2.03. The monoisotopic (exact) mass is 215 g/mol. The molecule has 0 saturated carbocycles. The molecule has 0 saturated heterocycles. The minimum absolute atomic E-state index is 0.907. The van der Waals surface area contributed by atoms with Gasteiger partial charge in [-0.15, -0.1) is 0 Å². The molecule has 1 aromatic rings. The number of thiol groups is 1. The number of benzene rings is 1. The van der Waals surface area contributed by atoms with Crippen LogP contribution in [0.5, 0.6) is 0 Å². The van der Waals surface area contributed by atoms with Crippen molar-refractivity contribution in [3.8, 4) is 0 Å². The fourth-order valence-electron chi connectivity index (χ4n) is 0.762. The van der Waals surface area contributed by atoms with Gasteiger partial charge in [0.2, 0.25) is 0 Å². The van der Waals surface area contributed by atoms with Crippen molar-refractivity contribution in [3.63, 3.8) is 0 Å². The van der Waals surface area contributed by atoms with E-state index >= 15 is 0 Å². The van der Waals surface area contributed by atoms with Gasteiger partial charge < -0.3 is 0 Å². The lowest BCUT2D eigenvalue weighted by Crippen LogP contribution is -1.82. The smallest absolute Gasteiger partial charge is 0.0207 e. The molecule has 0 aliphatic heterocycles. The van der Waals surface area contributed by atoms with E-state index in [1.807, 2.05) is 24.0 Å². The van der Waals surface area contributed by atoms with E-state index in [9.17, 15) is 0 Å². The van der Waals surface area contributed by atoms with Gasteiger partial charge in [0.15, 0.2) is 0 Å². The molecule has 0 N–H and O–H groups in total. The van der Waals surface area contributed by atoms with E-state index in [1.165, 1.54) is 5.56 Å². The third-order valence-corrected chi connectivity index (χ3v) is 2.23. The first-order chi connectivity index (χ1) is 4.84. The molecule has 53 valence electrons. The summed E-state index contributed by atoms with van der Waals surface area (Å²) in [4.78, 5) is 0. The average Bonchev–Trinajstić information content (AvgIpc) is 1.94. The Balaban J connectivity index is 2.81. The molecule has 0 spiro atoms. The Morgan fingerprint density at radius 1 is 1.40 bits per heavy atom. The second-order valence-corrected chi connectivity index (χ2v) is 3.20. The highest BCUT2D eigenvalue weighted by atomic mass is 79.9. The van der Waals surface area contributed by atoms with E-state index in [0.717, 1.165) is 10.9 Å². The first kappa shape index (κ1) is 8.15. The number of halogens is 1. The second-order valence-electron chi connectivity index (χ2n) is 1.98. The summed E-state index contributed by atoms with van der Waals surface area (Å²) in [5.41, 5.74) is 1.28.